The van der Waals surface area contributed by atoms with Crippen LogP contribution in [0.25, 0.3) is 0 Å². The van der Waals surface area contributed by atoms with Gasteiger partial charge in [0, 0.05) is 18.9 Å². The molecule has 17 heavy (non-hydrogen) atoms. The van der Waals surface area contributed by atoms with Crippen molar-refractivity contribution in [2.75, 3.05) is 0 Å². The van der Waals surface area contributed by atoms with E-state index in [0.29, 0.717) is 0 Å². The summed E-state index contributed by atoms with van der Waals surface area (Å²) < 4.78 is 5.30. The molecule has 1 heterocycles. The van der Waals surface area contributed by atoms with E-state index in [9.17, 15) is 0 Å². The molecule has 4 nitrogen and oxygen atoms in total. The van der Waals surface area contributed by atoms with E-state index in [1.54, 1.807) is 0 Å². The Morgan fingerprint density at radius 1 is 1.35 bits per heavy atom. The van der Waals surface area contributed by atoms with Gasteiger partial charge in [-0.3, -0.25) is 0 Å². The lowest BCUT2D eigenvalue weighted by Gasteiger charge is -2.19. The molecule has 0 radical (unpaired) electrons. The predicted molar refractivity (Wildman–Crippen MR) is 66.5 cm³/mol. The van der Waals surface area contributed by atoms with Gasteiger partial charge in [-0.15, -0.1) is 0 Å². The molecular weight excluding hydrogens is 214 g/mol. The highest BCUT2D eigenvalue weighted by molar-refractivity contribution is 4.91. The summed E-state index contributed by atoms with van der Waals surface area (Å²) in [6.45, 7) is 2.08. The molecule has 2 rings (SSSR count). The van der Waals surface area contributed by atoms with Gasteiger partial charge in [0.2, 0.25) is 5.89 Å². The van der Waals surface area contributed by atoms with Crippen LogP contribution in [0, 0.1) is 5.92 Å². The number of hydrogen-bond acceptors (Lipinski definition) is 4. The molecule has 2 N–H and O–H groups in total. The first-order chi connectivity index (χ1) is 8.28. The minimum absolute atomic E-state index is 0.148. The number of rotatable bonds is 5. The molecular formula is C13H23N3O. The van der Waals surface area contributed by atoms with Crippen molar-refractivity contribution in [2.24, 2.45) is 11.7 Å². The Balaban J connectivity index is 1.84. The minimum Gasteiger partial charge on any atom is -0.339 e. The molecule has 1 aromatic heterocycles. The topological polar surface area (TPSA) is 64.9 Å². The lowest BCUT2D eigenvalue weighted by atomic mass is 9.87. The molecule has 1 saturated carbocycles. The molecule has 1 aliphatic carbocycles. The molecule has 0 aliphatic heterocycles. The van der Waals surface area contributed by atoms with Gasteiger partial charge < -0.3 is 10.3 Å². The lowest BCUT2D eigenvalue weighted by Crippen LogP contribution is -2.22. The van der Waals surface area contributed by atoms with Gasteiger partial charge in [-0.2, -0.15) is 4.98 Å². The van der Waals surface area contributed by atoms with Gasteiger partial charge in [-0.1, -0.05) is 31.3 Å². The molecule has 1 aliphatic rings. The number of nitrogens with two attached hydrogens (primary N) is 1. The Morgan fingerprint density at radius 2 is 2.12 bits per heavy atom. The maximum absolute atomic E-state index is 5.88. The summed E-state index contributed by atoms with van der Waals surface area (Å²) in [5.41, 5.74) is 5.88. The first kappa shape index (κ1) is 12.6. The van der Waals surface area contributed by atoms with E-state index >= 15 is 0 Å². The summed E-state index contributed by atoms with van der Waals surface area (Å²) >= 11 is 0. The first-order valence-corrected chi connectivity index (χ1v) is 6.85. The second kappa shape index (κ2) is 6.15. The van der Waals surface area contributed by atoms with Crippen LogP contribution in [0.1, 0.15) is 57.2 Å². The van der Waals surface area contributed by atoms with E-state index < -0.39 is 0 Å². The van der Waals surface area contributed by atoms with Crippen LogP contribution in [-0.4, -0.2) is 16.2 Å². The molecule has 0 aromatic carbocycles. The highest BCUT2D eigenvalue weighted by Crippen LogP contribution is 2.26. The monoisotopic (exact) mass is 237 g/mol. The average Bonchev–Trinajstić information content (AvgIpc) is 2.77. The fourth-order valence-electron chi connectivity index (χ4n) is 2.47. The summed E-state index contributed by atoms with van der Waals surface area (Å²) in [6, 6.07) is 0.148. The molecule has 4 heteroatoms. The van der Waals surface area contributed by atoms with Crippen molar-refractivity contribution in [1.29, 1.82) is 0 Å². The van der Waals surface area contributed by atoms with Crippen molar-refractivity contribution in [2.45, 2.75) is 64.3 Å². The van der Waals surface area contributed by atoms with Gasteiger partial charge in [0.15, 0.2) is 5.82 Å². The van der Waals surface area contributed by atoms with Gasteiger partial charge in [-0.05, 0) is 25.2 Å². The second-order valence-electron chi connectivity index (χ2n) is 5.18. The normalized spacial score (nSPS) is 19.4. The first-order valence-electron chi connectivity index (χ1n) is 6.85. The zero-order valence-electron chi connectivity index (χ0n) is 10.7. The lowest BCUT2D eigenvalue weighted by molar-refractivity contribution is 0.303. The maximum atomic E-state index is 5.88. The van der Waals surface area contributed by atoms with Crippen molar-refractivity contribution in [3.8, 4) is 0 Å². The van der Waals surface area contributed by atoms with Crippen molar-refractivity contribution < 1.29 is 4.52 Å². The van der Waals surface area contributed by atoms with Crippen LogP contribution >= 0.6 is 0 Å². The van der Waals surface area contributed by atoms with E-state index in [0.717, 1.165) is 36.9 Å². The zero-order chi connectivity index (χ0) is 12.1. The third-order valence-electron chi connectivity index (χ3n) is 3.67. The maximum Gasteiger partial charge on any atom is 0.226 e. The van der Waals surface area contributed by atoms with Crippen molar-refractivity contribution in [1.82, 2.24) is 10.1 Å². The number of nitrogens with zero attached hydrogens (tertiary/aromatic N) is 2. The Labute approximate surface area is 103 Å². The molecule has 0 spiro atoms. The quantitative estimate of drug-likeness (QED) is 0.854. The SMILES string of the molecule is CCC(N)Cc1noc(CC2CCCCC2)n1. The number of aromatic nitrogens is 2. The van der Waals surface area contributed by atoms with Crippen molar-refractivity contribution in [3.05, 3.63) is 11.7 Å². The minimum atomic E-state index is 0.148. The van der Waals surface area contributed by atoms with Crippen LogP contribution < -0.4 is 5.73 Å². The van der Waals surface area contributed by atoms with Gasteiger partial charge in [-0.25, -0.2) is 0 Å². The largest absolute Gasteiger partial charge is 0.339 e. The second-order valence-corrected chi connectivity index (χ2v) is 5.18. The predicted octanol–water partition coefficient (Wildman–Crippen LogP) is 2.47. The summed E-state index contributed by atoms with van der Waals surface area (Å²) in [4.78, 5) is 4.43. The standard InChI is InChI=1S/C13H23N3O/c1-2-11(14)9-12-15-13(17-16-12)8-10-6-4-3-5-7-10/h10-11H,2-9,14H2,1H3. The third-order valence-corrected chi connectivity index (χ3v) is 3.67. The molecule has 0 saturated heterocycles. The summed E-state index contributed by atoms with van der Waals surface area (Å²) in [5.74, 6) is 2.32. The molecule has 1 atom stereocenters. The molecule has 1 fully saturated rings. The van der Waals surface area contributed by atoms with E-state index in [1.807, 2.05) is 0 Å². The average molecular weight is 237 g/mol. The van der Waals surface area contributed by atoms with Crippen LogP contribution in [0.15, 0.2) is 4.52 Å². The van der Waals surface area contributed by atoms with Gasteiger partial charge in [0.25, 0.3) is 0 Å². The van der Waals surface area contributed by atoms with E-state index in [1.165, 1.54) is 32.1 Å². The molecule has 0 amide bonds. The Bertz CT molecular complexity index is 331. The van der Waals surface area contributed by atoms with Crippen molar-refractivity contribution in [3.63, 3.8) is 0 Å². The smallest absolute Gasteiger partial charge is 0.226 e. The Morgan fingerprint density at radius 3 is 2.82 bits per heavy atom. The summed E-state index contributed by atoms with van der Waals surface area (Å²) in [6.07, 6.45) is 9.35. The number of hydrogen-bond donors (Lipinski definition) is 1. The van der Waals surface area contributed by atoms with Crippen LogP contribution in [0.4, 0.5) is 0 Å². The third kappa shape index (κ3) is 3.80. The molecule has 0 bridgehead atoms. The van der Waals surface area contributed by atoms with Crippen LogP contribution in [0.3, 0.4) is 0 Å². The van der Waals surface area contributed by atoms with Gasteiger partial charge >= 0.3 is 0 Å². The van der Waals surface area contributed by atoms with Gasteiger partial charge in [0.1, 0.15) is 0 Å². The summed E-state index contributed by atoms with van der Waals surface area (Å²) in [7, 11) is 0. The van der Waals surface area contributed by atoms with E-state index in [4.69, 9.17) is 10.3 Å². The van der Waals surface area contributed by atoms with Crippen LogP contribution in [-0.2, 0) is 12.8 Å². The Hall–Kier alpha value is -0.900. The Kier molecular flexibility index (Phi) is 4.54. The molecule has 1 unspecified atom stereocenters. The fourth-order valence-corrected chi connectivity index (χ4v) is 2.47. The molecule has 96 valence electrons. The summed E-state index contributed by atoms with van der Waals surface area (Å²) in [5, 5.41) is 4.00. The van der Waals surface area contributed by atoms with Crippen LogP contribution in [0.5, 0.6) is 0 Å². The van der Waals surface area contributed by atoms with Gasteiger partial charge in [0.05, 0.1) is 0 Å². The molecule has 1 aromatic rings. The van der Waals surface area contributed by atoms with Crippen molar-refractivity contribution >= 4 is 0 Å². The van der Waals surface area contributed by atoms with E-state index in [2.05, 4.69) is 17.1 Å². The fraction of sp³-hybridized carbons (Fsp3) is 0.846. The van der Waals surface area contributed by atoms with Crippen LogP contribution in [0.2, 0.25) is 0 Å². The highest BCUT2D eigenvalue weighted by atomic mass is 16.5. The zero-order valence-corrected chi connectivity index (χ0v) is 10.7. The van der Waals surface area contributed by atoms with E-state index in [-0.39, 0.29) is 6.04 Å². The highest BCUT2D eigenvalue weighted by Gasteiger charge is 2.17.